The van der Waals surface area contributed by atoms with Crippen LogP contribution in [0.3, 0.4) is 0 Å². The first-order chi connectivity index (χ1) is 7.58. The van der Waals surface area contributed by atoms with Gasteiger partial charge in [-0.05, 0) is 19.1 Å². The van der Waals surface area contributed by atoms with Crippen molar-refractivity contribution in [1.29, 1.82) is 0 Å². The van der Waals surface area contributed by atoms with Gasteiger partial charge in [0.1, 0.15) is 5.75 Å². The lowest BCUT2D eigenvalue weighted by Gasteiger charge is -2.16. The second kappa shape index (κ2) is 5.61. The summed E-state index contributed by atoms with van der Waals surface area (Å²) in [7, 11) is 3.26. The maximum absolute atomic E-state index is 11.6. The van der Waals surface area contributed by atoms with E-state index in [0.717, 1.165) is 0 Å². The normalized spacial score (nSPS) is 9.75. The smallest absolute Gasteiger partial charge is 0.321 e. The van der Waals surface area contributed by atoms with Gasteiger partial charge in [0, 0.05) is 25.3 Å². The van der Waals surface area contributed by atoms with Gasteiger partial charge in [0.25, 0.3) is 0 Å². The van der Waals surface area contributed by atoms with Crippen LogP contribution in [-0.2, 0) is 0 Å². The fourth-order valence-electron chi connectivity index (χ4n) is 1.10. The molecule has 1 N–H and O–H groups in total. The predicted octanol–water partition coefficient (Wildman–Crippen LogP) is 2.83. The van der Waals surface area contributed by atoms with Gasteiger partial charge >= 0.3 is 6.03 Å². The molecule has 0 atom stereocenters. The summed E-state index contributed by atoms with van der Waals surface area (Å²) in [5.74, 6) is 0.540. The zero-order chi connectivity index (χ0) is 12.1. The lowest BCUT2D eigenvalue weighted by molar-refractivity contribution is 0.224. The molecule has 5 heteroatoms. The Kier molecular flexibility index (Phi) is 4.43. The molecule has 0 saturated heterocycles. The van der Waals surface area contributed by atoms with Gasteiger partial charge in [-0.2, -0.15) is 0 Å². The third kappa shape index (κ3) is 3.03. The minimum absolute atomic E-state index is 0.160. The molecule has 0 fully saturated rings. The third-order valence-electron chi connectivity index (χ3n) is 2.22. The number of benzene rings is 1. The summed E-state index contributed by atoms with van der Waals surface area (Å²) in [4.78, 5) is 13.1. The largest absolute Gasteiger partial charge is 0.495 e. The molecule has 1 rings (SSSR count). The van der Waals surface area contributed by atoms with Crippen molar-refractivity contribution in [3.63, 3.8) is 0 Å². The lowest BCUT2D eigenvalue weighted by Crippen LogP contribution is -2.30. The molecule has 1 aromatic rings. The molecule has 88 valence electrons. The second-order valence-corrected chi connectivity index (χ2v) is 3.70. The Morgan fingerprint density at radius 3 is 2.81 bits per heavy atom. The third-order valence-corrected chi connectivity index (χ3v) is 2.54. The zero-order valence-corrected chi connectivity index (χ0v) is 10.3. The summed E-state index contributed by atoms with van der Waals surface area (Å²) in [5, 5.41) is 3.26. The van der Waals surface area contributed by atoms with Gasteiger partial charge in [0.15, 0.2) is 0 Å². The second-order valence-electron chi connectivity index (χ2n) is 3.29. The summed E-state index contributed by atoms with van der Waals surface area (Å²) < 4.78 is 5.06. The Balaban J connectivity index is 2.78. The van der Waals surface area contributed by atoms with Crippen molar-refractivity contribution in [3.8, 4) is 5.75 Å². The minimum Gasteiger partial charge on any atom is -0.495 e. The number of carbonyl (C=O) groups is 1. The van der Waals surface area contributed by atoms with Crippen molar-refractivity contribution >= 4 is 23.3 Å². The van der Waals surface area contributed by atoms with Crippen LogP contribution in [0.2, 0.25) is 5.02 Å². The number of hydrogen-bond acceptors (Lipinski definition) is 2. The van der Waals surface area contributed by atoms with E-state index < -0.39 is 0 Å². The average Bonchev–Trinajstić information content (AvgIpc) is 2.30. The van der Waals surface area contributed by atoms with Gasteiger partial charge in [0.2, 0.25) is 0 Å². The Hall–Kier alpha value is -1.42. The highest BCUT2D eigenvalue weighted by atomic mass is 35.5. The summed E-state index contributed by atoms with van der Waals surface area (Å²) >= 11 is 5.87. The van der Waals surface area contributed by atoms with Gasteiger partial charge in [-0.25, -0.2) is 4.79 Å². The summed E-state index contributed by atoms with van der Waals surface area (Å²) in [6.07, 6.45) is 0. The topological polar surface area (TPSA) is 41.6 Å². The highest BCUT2D eigenvalue weighted by Gasteiger charge is 2.08. The lowest BCUT2D eigenvalue weighted by atomic mass is 10.3. The van der Waals surface area contributed by atoms with E-state index in [-0.39, 0.29) is 6.03 Å². The number of anilines is 1. The monoisotopic (exact) mass is 242 g/mol. The molecule has 2 amide bonds. The fourth-order valence-corrected chi connectivity index (χ4v) is 1.29. The van der Waals surface area contributed by atoms with Crippen LogP contribution in [-0.4, -0.2) is 31.6 Å². The molecule has 0 aromatic heterocycles. The maximum atomic E-state index is 11.6. The molecule has 0 unspecified atom stereocenters. The van der Waals surface area contributed by atoms with Gasteiger partial charge in [-0.3, -0.25) is 0 Å². The number of nitrogens with one attached hydrogen (secondary N) is 1. The van der Waals surface area contributed by atoms with Crippen LogP contribution in [0.4, 0.5) is 10.5 Å². The number of ether oxygens (including phenoxy) is 1. The van der Waals surface area contributed by atoms with E-state index in [2.05, 4.69) is 5.32 Å². The van der Waals surface area contributed by atoms with Gasteiger partial charge in [-0.15, -0.1) is 0 Å². The molecule has 0 heterocycles. The molecular formula is C11H15ClN2O2. The van der Waals surface area contributed by atoms with Crippen LogP contribution in [0.25, 0.3) is 0 Å². The molecule has 0 saturated carbocycles. The minimum atomic E-state index is -0.160. The Bertz CT molecular complexity index is 382. The van der Waals surface area contributed by atoms with Crippen LogP contribution in [0.1, 0.15) is 6.92 Å². The number of urea groups is 1. The summed E-state index contributed by atoms with van der Waals surface area (Å²) in [6, 6.07) is 4.93. The Labute approximate surface area is 100 Å². The molecule has 0 aliphatic rings. The van der Waals surface area contributed by atoms with E-state index in [9.17, 15) is 4.79 Å². The van der Waals surface area contributed by atoms with Crippen molar-refractivity contribution < 1.29 is 9.53 Å². The molecule has 0 radical (unpaired) electrons. The van der Waals surface area contributed by atoms with E-state index >= 15 is 0 Å². The maximum Gasteiger partial charge on any atom is 0.321 e. The fraction of sp³-hybridized carbons (Fsp3) is 0.364. The van der Waals surface area contributed by atoms with Crippen molar-refractivity contribution in [2.75, 3.05) is 26.0 Å². The number of carbonyl (C=O) groups excluding carboxylic acids is 1. The highest BCUT2D eigenvalue weighted by Crippen LogP contribution is 2.27. The number of methoxy groups -OCH3 is 1. The quantitative estimate of drug-likeness (QED) is 0.886. The average molecular weight is 243 g/mol. The van der Waals surface area contributed by atoms with Crippen LogP contribution in [0.5, 0.6) is 5.75 Å². The Morgan fingerprint density at radius 2 is 2.25 bits per heavy atom. The SMILES string of the molecule is CCN(C)C(=O)Nc1ccc(Cl)c(OC)c1. The van der Waals surface area contributed by atoms with Crippen molar-refractivity contribution in [3.05, 3.63) is 23.2 Å². The van der Waals surface area contributed by atoms with E-state index in [0.29, 0.717) is 23.0 Å². The van der Waals surface area contributed by atoms with Gasteiger partial charge in [0.05, 0.1) is 12.1 Å². The molecule has 0 aliphatic carbocycles. The van der Waals surface area contributed by atoms with Crippen LogP contribution in [0.15, 0.2) is 18.2 Å². The number of nitrogens with zero attached hydrogens (tertiary/aromatic N) is 1. The molecule has 4 nitrogen and oxygen atoms in total. The van der Waals surface area contributed by atoms with Crippen molar-refractivity contribution in [2.24, 2.45) is 0 Å². The molecule has 0 spiro atoms. The summed E-state index contributed by atoms with van der Waals surface area (Å²) in [6.45, 7) is 2.55. The number of hydrogen-bond donors (Lipinski definition) is 1. The summed E-state index contributed by atoms with van der Waals surface area (Å²) in [5.41, 5.74) is 0.659. The van der Waals surface area contributed by atoms with Crippen LogP contribution < -0.4 is 10.1 Å². The van der Waals surface area contributed by atoms with Gasteiger partial charge in [-0.1, -0.05) is 11.6 Å². The molecule has 0 aliphatic heterocycles. The van der Waals surface area contributed by atoms with Crippen molar-refractivity contribution in [2.45, 2.75) is 6.92 Å². The highest BCUT2D eigenvalue weighted by molar-refractivity contribution is 6.32. The van der Waals surface area contributed by atoms with E-state index in [1.54, 1.807) is 30.1 Å². The van der Waals surface area contributed by atoms with E-state index in [1.807, 2.05) is 6.92 Å². The van der Waals surface area contributed by atoms with E-state index in [4.69, 9.17) is 16.3 Å². The van der Waals surface area contributed by atoms with Crippen molar-refractivity contribution in [1.82, 2.24) is 4.90 Å². The zero-order valence-electron chi connectivity index (χ0n) is 9.58. The first-order valence-corrected chi connectivity index (χ1v) is 5.32. The van der Waals surface area contributed by atoms with Crippen LogP contribution >= 0.6 is 11.6 Å². The number of halogens is 1. The molecule has 16 heavy (non-hydrogen) atoms. The standard InChI is InChI=1S/C11H15ClN2O2/c1-4-14(2)11(15)13-8-5-6-9(12)10(7-8)16-3/h5-7H,4H2,1-3H3,(H,13,15). The first-order valence-electron chi connectivity index (χ1n) is 4.94. The molecule has 1 aromatic carbocycles. The van der Waals surface area contributed by atoms with Crippen LogP contribution in [0, 0.1) is 0 Å². The number of amides is 2. The van der Waals surface area contributed by atoms with E-state index in [1.165, 1.54) is 7.11 Å². The van der Waals surface area contributed by atoms with Gasteiger partial charge < -0.3 is 15.0 Å². The molecular weight excluding hydrogens is 228 g/mol. The Morgan fingerprint density at radius 1 is 1.56 bits per heavy atom. The number of rotatable bonds is 3. The first kappa shape index (κ1) is 12.6. The molecule has 0 bridgehead atoms. The predicted molar refractivity (Wildman–Crippen MR) is 65.3 cm³/mol.